The highest BCUT2D eigenvalue weighted by atomic mass is 14.7. The van der Waals surface area contributed by atoms with Crippen LogP contribution in [-0.4, -0.2) is 0 Å². The van der Waals surface area contributed by atoms with Crippen molar-refractivity contribution in [1.82, 2.24) is 0 Å². The van der Waals surface area contributed by atoms with E-state index in [1.807, 2.05) is 0 Å². The van der Waals surface area contributed by atoms with Crippen LogP contribution in [0.5, 0.6) is 0 Å². The molecule has 0 aliphatic carbocycles. The molecule has 26 heavy (non-hydrogen) atoms. The zero-order valence-electron chi connectivity index (χ0n) is 18.0. The van der Waals surface area contributed by atoms with Gasteiger partial charge in [0, 0.05) is 5.54 Å². The van der Waals surface area contributed by atoms with Crippen LogP contribution in [0.4, 0.5) is 0 Å². The first-order chi connectivity index (χ1) is 12.7. The molecule has 0 bridgehead atoms. The fourth-order valence-electron chi connectivity index (χ4n) is 4.01. The summed E-state index contributed by atoms with van der Waals surface area (Å²) in [7, 11) is 0. The predicted octanol–water partition coefficient (Wildman–Crippen LogP) is 7.90. The highest BCUT2D eigenvalue weighted by Gasteiger charge is 2.24. The standard InChI is InChI=1S/C25H45N/c1-4-7-8-9-10-11-12-13-14-15-16-17-20-23-21-18-19-22-24(23)25(26,5-2)6-3/h18-19,21-22H,4-17,20,26H2,1-3H3. The molecular weight excluding hydrogens is 314 g/mol. The van der Waals surface area contributed by atoms with Gasteiger partial charge in [-0.2, -0.15) is 0 Å². The summed E-state index contributed by atoms with van der Waals surface area (Å²) < 4.78 is 0. The largest absolute Gasteiger partial charge is 0.321 e. The molecule has 0 saturated carbocycles. The van der Waals surface area contributed by atoms with Crippen LogP contribution >= 0.6 is 0 Å². The van der Waals surface area contributed by atoms with Crippen molar-refractivity contribution in [2.75, 3.05) is 0 Å². The Hall–Kier alpha value is -0.820. The Balaban J connectivity index is 2.15. The van der Waals surface area contributed by atoms with Gasteiger partial charge in [-0.05, 0) is 36.8 Å². The van der Waals surface area contributed by atoms with Gasteiger partial charge in [0.15, 0.2) is 0 Å². The zero-order valence-corrected chi connectivity index (χ0v) is 18.0. The predicted molar refractivity (Wildman–Crippen MR) is 118 cm³/mol. The first-order valence-corrected chi connectivity index (χ1v) is 11.5. The van der Waals surface area contributed by atoms with E-state index < -0.39 is 0 Å². The van der Waals surface area contributed by atoms with Crippen molar-refractivity contribution in [3.05, 3.63) is 35.4 Å². The third kappa shape index (κ3) is 8.71. The Morgan fingerprint density at radius 3 is 1.62 bits per heavy atom. The average molecular weight is 360 g/mol. The molecule has 1 nitrogen and oxygen atoms in total. The smallest absolute Gasteiger partial charge is 0.0407 e. The van der Waals surface area contributed by atoms with Gasteiger partial charge < -0.3 is 5.73 Å². The number of aryl methyl sites for hydroxylation is 1. The van der Waals surface area contributed by atoms with E-state index in [1.54, 1.807) is 0 Å². The Kier molecular flexibility index (Phi) is 12.7. The van der Waals surface area contributed by atoms with Crippen LogP contribution in [0.25, 0.3) is 0 Å². The highest BCUT2D eigenvalue weighted by Crippen LogP contribution is 2.29. The van der Waals surface area contributed by atoms with Crippen LogP contribution in [0.1, 0.15) is 122 Å². The number of nitrogens with two attached hydrogens (primary N) is 1. The van der Waals surface area contributed by atoms with Gasteiger partial charge in [0.25, 0.3) is 0 Å². The molecule has 0 aliphatic heterocycles. The van der Waals surface area contributed by atoms with E-state index in [1.165, 1.54) is 94.6 Å². The summed E-state index contributed by atoms with van der Waals surface area (Å²) in [4.78, 5) is 0. The molecule has 2 N–H and O–H groups in total. The van der Waals surface area contributed by atoms with E-state index in [-0.39, 0.29) is 5.54 Å². The minimum atomic E-state index is -0.145. The van der Waals surface area contributed by atoms with E-state index in [9.17, 15) is 0 Å². The normalized spacial score (nSPS) is 11.8. The summed E-state index contributed by atoms with van der Waals surface area (Å²) in [5.41, 5.74) is 9.37. The molecule has 1 aromatic rings. The van der Waals surface area contributed by atoms with E-state index in [4.69, 9.17) is 5.73 Å². The maximum atomic E-state index is 6.66. The van der Waals surface area contributed by atoms with E-state index in [2.05, 4.69) is 45.0 Å². The van der Waals surface area contributed by atoms with E-state index >= 15 is 0 Å². The van der Waals surface area contributed by atoms with Gasteiger partial charge in [-0.25, -0.2) is 0 Å². The Labute approximate surface area is 164 Å². The number of unbranched alkanes of at least 4 members (excludes halogenated alkanes) is 11. The number of benzene rings is 1. The lowest BCUT2D eigenvalue weighted by molar-refractivity contribution is 0.408. The van der Waals surface area contributed by atoms with Gasteiger partial charge in [0.2, 0.25) is 0 Å². The van der Waals surface area contributed by atoms with Crippen LogP contribution in [0, 0.1) is 0 Å². The summed E-state index contributed by atoms with van der Waals surface area (Å²) >= 11 is 0. The fraction of sp³-hybridized carbons (Fsp3) is 0.760. The molecule has 0 atom stereocenters. The summed E-state index contributed by atoms with van der Waals surface area (Å²) in [5.74, 6) is 0. The Morgan fingerprint density at radius 1 is 0.654 bits per heavy atom. The van der Waals surface area contributed by atoms with Gasteiger partial charge >= 0.3 is 0 Å². The molecule has 0 saturated heterocycles. The molecule has 0 fully saturated rings. The second kappa shape index (κ2) is 14.3. The maximum absolute atomic E-state index is 6.66. The molecule has 0 unspecified atom stereocenters. The van der Waals surface area contributed by atoms with E-state index in [0.717, 1.165) is 12.8 Å². The molecule has 1 rings (SSSR count). The molecule has 0 amide bonds. The first kappa shape index (κ1) is 23.2. The molecule has 0 aromatic heterocycles. The second-order valence-corrected chi connectivity index (χ2v) is 8.16. The first-order valence-electron chi connectivity index (χ1n) is 11.5. The second-order valence-electron chi connectivity index (χ2n) is 8.16. The Bertz CT molecular complexity index is 447. The molecule has 1 aromatic carbocycles. The number of hydrogen-bond donors (Lipinski definition) is 1. The molecule has 0 spiro atoms. The molecule has 150 valence electrons. The lowest BCUT2D eigenvalue weighted by atomic mass is 9.82. The van der Waals surface area contributed by atoms with Crippen molar-refractivity contribution in [2.45, 2.75) is 123 Å². The summed E-state index contributed by atoms with van der Waals surface area (Å²) in [6.07, 6.45) is 20.1. The van der Waals surface area contributed by atoms with Crippen LogP contribution in [-0.2, 0) is 12.0 Å². The lowest BCUT2D eigenvalue weighted by Gasteiger charge is -2.29. The van der Waals surface area contributed by atoms with E-state index in [0.29, 0.717) is 0 Å². The van der Waals surface area contributed by atoms with Crippen LogP contribution < -0.4 is 5.73 Å². The fourth-order valence-corrected chi connectivity index (χ4v) is 4.01. The third-order valence-corrected chi connectivity index (χ3v) is 6.12. The molecule has 0 aliphatic rings. The van der Waals surface area contributed by atoms with Gasteiger partial charge in [0.1, 0.15) is 0 Å². The lowest BCUT2D eigenvalue weighted by Crippen LogP contribution is -2.36. The minimum Gasteiger partial charge on any atom is -0.321 e. The molecule has 0 radical (unpaired) electrons. The van der Waals surface area contributed by atoms with Crippen molar-refractivity contribution in [2.24, 2.45) is 5.73 Å². The van der Waals surface area contributed by atoms with Crippen LogP contribution in [0.15, 0.2) is 24.3 Å². The molecule has 1 heteroatoms. The SMILES string of the molecule is CCCCCCCCCCCCCCc1ccccc1C(N)(CC)CC. The van der Waals surface area contributed by atoms with Crippen molar-refractivity contribution in [3.63, 3.8) is 0 Å². The number of hydrogen-bond acceptors (Lipinski definition) is 1. The van der Waals surface area contributed by atoms with Gasteiger partial charge in [-0.15, -0.1) is 0 Å². The van der Waals surface area contributed by atoms with Crippen molar-refractivity contribution < 1.29 is 0 Å². The molecular formula is C25H45N. The number of rotatable bonds is 16. The average Bonchev–Trinajstić information content (AvgIpc) is 2.68. The summed E-state index contributed by atoms with van der Waals surface area (Å²) in [6.45, 7) is 6.72. The monoisotopic (exact) mass is 359 g/mol. The van der Waals surface area contributed by atoms with Crippen LogP contribution in [0.2, 0.25) is 0 Å². The third-order valence-electron chi connectivity index (χ3n) is 6.12. The van der Waals surface area contributed by atoms with Gasteiger partial charge in [-0.1, -0.05) is 116 Å². The summed E-state index contributed by atoms with van der Waals surface area (Å²) in [5, 5.41) is 0. The summed E-state index contributed by atoms with van der Waals surface area (Å²) in [6, 6.07) is 8.86. The Morgan fingerprint density at radius 2 is 1.12 bits per heavy atom. The van der Waals surface area contributed by atoms with Crippen LogP contribution in [0.3, 0.4) is 0 Å². The zero-order chi connectivity index (χ0) is 19.1. The van der Waals surface area contributed by atoms with Crippen molar-refractivity contribution in [1.29, 1.82) is 0 Å². The molecule has 0 heterocycles. The van der Waals surface area contributed by atoms with Crippen molar-refractivity contribution in [3.8, 4) is 0 Å². The minimum absolute atomic E-state index is 0.145. The maximum Gasteiger partial charge on any atom is 0.0407 e. The highest BCUT2D eigenvalue weighted by molar-refractivity contribution is 5.33. The van der Waals surface area contributed by atoms with Gasteiger partial charge in [0.05, 0.1) is 0 Å². The quantitative estimate of drug-likeness (QED) is 0.298. The topological polar surface area (TPSA) is 26.0 Å². The van der Waals surface area contributed by atoms with Gasteiger partial charge in [-0.3, -0.25) is 0 Å². The van der Waals surface area contributed by atoms with Crippen molar-refractivity contribution >= 4 is 0 Å².